The molecule has 1 atom stereocenters. The second kappa shape index (κ2) is 9.16. The first-order chi connectivity index (χ1) is 14.4. The van der Waals surface area contributed by atoms with Crippen LogP contribution in [0.3, 0.4) is 0 Å². The number of benzene rings is 2. The van der Waals surface area contributed by atoms with E-state index in [1.54, 1.807) is 0 Å². The van der Waals surface area contributed by atoms with Crippen molar-refractivity contribution in [3.05, 3.63) is 59.4 Å². The Bertz CT molecular complexity index is 1000. The number of alkyl halides is 3. The molecule has 0 unspecified atom stereocenters. The third-order valence-corrected chi connectivity index (χ3v) is 6.95. The smallest absolute Gasteiger partial charge is 0.416 e. The Morgan fingerprint density at radius 2 is 1.81 bits per heavy atom. The second-order valence-corrected chi connectivity index (χ2v) is 10.2. The van der Waals surface area contributed by atoms with Gasteiger partial charge in [0, 0.05) is 13.1 Å². The maximum atomic E-state index is 13.6. The lowest BCUT2D eigenvalue weighted by Crippen LogP contribution is -2.23. The van der Waals surface area contributed by atoms with Gasteiger partial charge in [-0.2, -0.15) is 13.2 Å². The van der Waals surface area contributed by atoms with Crippen LogP contribution in [0.1, 0.15) is 31.4 Å². The fourth-order valence-electron chi connectivity index (χ4n) is 3.71. The van der Waals surface area contributed by atoms with Crippen LogP contribution in [0.5, 0.6) is 5.75 Å². The molecule has 0 spiro atoms. The molecule has 4 nitrogen and oxygen atoms in total. The van der Waals surface area contributed by atoms with Crippen LogP contribution in [0.15, 0.2) is 47.4 Å². The first kappa shape index (κ1) is 23.5. The third-order valence-electron chi connectivity index (χ3n) is 5.08. The van der Waals surface area contributed by atoms with Gasteiger partial charge in [0.1, 0.15) is 11.6 Å². The molecule has 0 aromatic heterocycles. The molecule has 1 saturated heterocycles. The van der Waals surface area contributed by atoms with Crippen LogP contribution >= 0.6 is 0 Å². The zero-order valence-electron chi connectivity index (χ0n) is 17.3. The number of nitrogens with zero attached hydrogens (tertiary/aromatic N) is 1. The molecular weight excluding hydrogens is 434 g/mol. The van der Waals surface area contributed by atoms with E-state index < -0.39 is 32.3 Å². The Balaban J connectivity index is 1.62. The van der Waals surface area contributed by atoms with Crippen LogP contribution in [0.4, 0.5) is 17.6 Å². The number of sulfone groups is 1. The van der Waals surface area contributed by atoms with Crippen molar-refractivity contribution in [3.8, 4) is 5.75 Å². The molecule has 0 bridgehead atoms. The van der Waals surface area contributed by atoms with Gasteiger partial charge in [0.15, 0.2) is 9.84 Å². The Hall–Kier alpha value is -2.13. The maximum Gasteiger partial charge on any atom is 0.416 e. The summed E-state index contributed by atoms with van der Waals surface area (Å²) in [7, 11) is -4.05. The molecule has 170 valence electrons. The van der Waals surface area contributed by atoms with Crippen LogP contribution in [-0.4, -0.2) is 38.3 Å². The first-order valence-electron chi connectivity index (χ1n) is 10.0. The number of hydrogen-bond acceptors (Lipinski definition) is 4. The van der Waals surface area contributed by atoms with Crippen molar-refractivity contribution in [1.29, 1.82) is 0 Å². The number of likely N-dealkylation sites (tertiary alicyclic amines) is 1. The van der Waals surface area contributed by atoms with Crippen molar-refractivity contribution in [2.24, 2.45) is 5.92 Å². The summed E-state index contributed by atoms with van der Waals surface area (Å²) in [5.41, 5.74) is -0.247. The first-order valence-corrected chi connectivity index (χ1v) is 11.7. The summed E-state index contributed by atoms with van der Waals surface area (Å²) in [5, 5.41) is 0. The average Bonchev–Trinajstić information content (AvgIpc) is 3.08. The maximum absolute atomic E-state index is 13.6. The molecule has 3 rings (SSSR count). The fourth-order valence-corrected chi connectivity index (χ4v) is 5.39. The molecule has 9 heteroatoms. The van der Waals surface area contributed by atoms with Gasteiger partial charge in [0.2, 0.25) is 0 Å². The minimum Gasteiger partial charge on any atom is -0.491 e. The van der Waals surface area contributed by atoms with Gasteiger partial charge < -0.3 is 4.74 Å². The predicted molar refractivity (Wildman–Crippen MR) is 109 cm³/mol. The normalized spacial score (nSPS) is 18.0. The fraction of sp³-hybridized carbons (Fsp3) is 0.455. The Labute approximate surface area is 179 Å². The lowest BCUT2D eigenvalue weighted by molar-refractivity contribution is -0.137. The van der Waals surface area contributed by atoms with Crippen LogP contribution in [0.25, 0.3) is 0 Å². The van der Waals surface area contributed by atoms with Gasteiger partial charge in [-0.15, -0.1) is 0 Å². The molecule has 0 N–H and O–H groups in total. The standard InChI is InChI=1S/C22H25F4NO3S/c1-15(2)30-20-5-3-16(4-6-20)12-27-8-7-17(13-27)14-31(28,29)21-10-18(22(24,25)26)9-19(23)11-21/h3-6,9-11,15,17H,7-8,12-14H2,1-2H3/t17-/m1/s1. The number of halogens is 4. The second-order valence-electron chi connectivity index (χ2n) is 8.16. The van der Waals surface area contributed by atoms with Crippen LogP contribution < -0.4 is 4.74 Å². The molecule has 1 aliphatic rings. The monoisotopic (exact) mass is 459 g/mol. The SMILES string of the molecule is CC(C)Oc1ccc(CN2CC[C@@H](CS(=O)(=O)c3cc(F)cc(C(F)(F)F)c3)C2)cc1. The van der Waals surface area contributed by atoms with E-state index in [1.165, 1.54) is 0 Å². The van der Waals surface area contributed by atoms with Gasteiger partial charge in [-0.25, -0.2) is 12.8 Å². The van der Waals surface area contributed by atoms with Crippen LogP contribution in [0, 0.1) is 11.7 Å². The highest BCUT2D eigenvalue weighted by molar-refractivity contribution is 7.91. The lowest BCUT2D eigenvalue weighted by Gasteiger charge is -2.17. The van der Waals surface area contributed by atoms with Crippen molar-refractivity contribution in [1.82, 2.24) is 4.90 Å². The molecular formula is C22H25F4NO3S. The van der Waals surface area contributed by atoms with Crippen LogP contribution in [-0.2, 0) is 22.6 Å². The van der Waals surface area contributed by atoms with Crippen molar-refractivity contribution < 1.29 is 30.7 Å². The number of hydrogen-bond donors (Lipinski definition) is 0. The van der Waals surface area contributed by atoms with Gasteiger partial charge in [-0.3, -0.25) is 4.90 Å². The van der Waals surface area contributed by atoms with Crippen molar-refractivity contribution >= 4 is 9.84 Å². The summed E-state index contributed by atoms with van der Waals surface area (Å²) < 4.78 is 83.3. The van der Waals surface area contributed by atoms with E-state index in [-0.39, 0.29) is 17.8 Å². The lowest BCUT2D eigenvalue weighted by atomic mass is 10.1. The van der Waals surface area contributed by atoms with Crippen molar-refractivity contribution in [2.75, 3.05) is 18.8 Å². The summed E-state index contributed by atoms with van der Waals surface area (Å²) in [6.07, 6.45) is -4.13. The number of ether oxygens (including phenoxy) is 1. The Morgan fingerprint density at radius 3 is 2.42 bits per heavy atom. The Kier molecular flexibility index (Phi) is 6.95. The van der Waals surface area contributed by atoms with Crippen molar-refractivity contribution in [2.45, 2.75) is 44.0 Å². The van der Waals surface area contributed by atoms with Gasteiger partial charge >= 0.3 is 6.18 Å². The van der Waals surface area contributed by atoms with Gasteiger partial charge in [0.05, 0.1) is 22.3 Å². The molecule has 2 aromatic carbocycles. The van der Waals surface area contributed by atoms with Gasteiger partial charge in [0.25, 0.3) is 0 Å². The molecule has 0 radical (unpaired) electrons. The largest absolute Gasteiger partial charge is 0.491 e. The number of rotatable bonds is 7. The van der Waals surface area contributed by atoms with E-state index in [2.05, 4.69) is 4.90 Å². The molecule has 0 aliphatic carbocycles. The third kappa shape index (κ3) is 6.43. The highest BCUT2D eigenvalue weighted by atomic mass is 32.2. The molecule has 0 saturated carbocycles. The van der Waals surface area contributed by atoms with E-state index in [0.717, 1.165) is 11.3 Å². The average molecular weight is 460 g/mol. The summed E-state index contributed by atoms with van der Waals surface area (Å²) in [6, 6.07) is 9.13. The highest BCUT2D eigenvalue weighted by Gasteiger charge is 2.34. The zero-order chi connectivity index (χ0) is 22.8. The summed E-state index contributed by atoms with van der Waals surface area (Å²) in [4.78, 5) is 1.48. The molecule has 1 heterocycles. The van der Waals surface area contributed by atoms with Crippen LogP contribution in [0.2, 0.25) is 0 Å². The topological polar surface area (TPSA) is 46.6 Å². The van der Waals surface area contributed by atoms with E-state index in [9.17, 15) is 26.0 Å². The van der Waals surface area contributed by atoms with E-state index in [1.807, 2.05) is 38.1 Å². The quantitative estimate of drug-likeness (QED) is 0.551. The minimum atomic E-state index is -4.81. The van der Waals surface area contributed by atoms with E-state index in [4.69, 9.17) is 4.74 Å². The van der Waals surface area contributed by atoms with Gasteiger partial charge in [-0.1, -0.05) is 12.1 Å². The Morgan fingerprint density at radius 1 is 1.13 bits per heavy atom. The molecule has 1 aliphatic heterocycles. The van der Waals surface area contributed by atoms with Crippen molar-refractivity contribution in [3.63, 3.8) is 0 Å². The summed E-state index contributed by atoms with van der Waals surface area (Å²) in [5.74, 6) is -0.985. The zero-order valence-corrected chi connectivity index (χ0v) is 18.1. The molecule has 31 heavy (non-hydrogen) atoms. The highest BCUT2D eigenvalue weighted by Crippen LogP contribution is 2.32. The molecule has 1 fully saturated rings. The summed E-state index contributed by atoms with van der Waals surface area (Å²) in [6.45, 7) is 5.71. The van der Waals surface area contributed by atoms with Gasteiger partial charge in [-0.05, 0) is 68.6 Å². The predicted octanol–water partition coefficient (Wildman–Crippen LogP) is 4.93. The van der Waals surface area contributed by atoms with E-state index in [0.29, 0.717) is 44.3 Å². The minimum absolute atomic E-state index is 0.0810. The molecule has 2 aromatic rings. The molecule has 0 amide bonds. The summed E-state index contributed by atoms with van der Waals surface area (Å²) >= 11 is 0. The van der Waals surface area contributed by atoms with E-state index >= 15 is 0 Å².